The van der Waals surface area contributed by atoms with Crippen LogP contribution in [0.1, 0.15) is 18.4 Å². The van der Waals surface area contributed by atoms with Gasteiger partial charge in [-0.2, -0.15) is 4.98 Å². The summed E-state index contributed by atoms with van der Waals surface area (Å²) in [5.74, 6) is 0.772. The number of aliphatic hydroxyl groups excluding tert-OH is 1. The molecule has 7 nitrogen and oxygen atoms in total. The molecule has 0 spiro atoms. The highest BCUT2D eigenvalue weighted by Gasteiger charge is 2.16. The van der Waals surface area contributed by atoms with Gasteiger partial charge in [0.1, 0.15) is 5.69 Å². The van der Waals surface area contributed by atoms with Crippen LogP contribution in [0, 0.1) is 0 Å². The summed E-state index contributed by atoms with van der Waals surface area (Å²) in [5, 5.41) is 12.6. The molecule has 0 amide bonds. The third kappa shape index (κ3) is 1.95. The topological polar surface area (TPSA) is 103 Å². The van der Waals surface area contributed by atoms with Gasteiger partial charge < -0.3 is 19.9 Å². The van der Waals surface area contributed by atoms with Crippen LogP contribution in [0.15, 0.2) is 17.0 Å². The maximum atomic E-state index is 8.75. The van der Waals surface area contributed by atoms with Crippen molar-refractivity contribution in [3.63, 3.8) is 0 Å². The van der Waals surface area contributed by atoms with Gasteiger partial charge in [-0.1, -0.05) is 5.16 Å². The lowest BCUT2D eigenvalue weighted by Gasteiger charge is -2.01. The molecule has 16 heavy (non-hydrogen) atoms. The van der Waals surface area contributed by atoms with E-state index in [1.165, 1.54) is 0 Å². The summed E-state index contributed by atoms with van der Waals surface area (Å²) in [6.07, 6.45) is 3.69. The van der Waals surface area contributed by atoms with E-state index in [0.717, 1.165) is 5.69 Å². The van der Waals surface area contributed by atoms with E-state index in [9.17, 15) is 0 Å². The molecule has 0 saturated heterocycles. The molecule has 0 aliphatic carbocycles. The predicted molar refractivity (Wildman–Crippen MR) is 55.1 cm³/mol. The summed E-state index contributed by atoms with van der Waals surface area (Å²) >= 11 is 0. The van der Waals surface area contributed by atoms with E-state index in [2.05, 4.69) is 15.1 Å². The van der Waals surface area contributed by atoms with Gasteiger partial charge in [0.25, 0.3) is 0 Å². The maximum absolute atomic E-state index is 8.75. The van der Waals surface area contributed by atoms with Crippen molar-refractivity contribution >= 4 is 0 Å². The first-order valence-electron chi connectivity index (χ1n) is 4.89. The van der Waals surface area contributed by atoms with E-state index in [1.54, 1.807) is 17.1 Å². The lowest BCUT2D eigenvalue weighted by Crippen LogP contribution is -2.12. The molecule has 0 radical (unpaired) electrons. The fourth-order valence-corrected chi connectivity index (χ4v) is 1.33. The van der Waals surface area contributed by atoms with E-state index < -0.39 is 6.04 Å². The lowest BCUT2D eigenvalue weighted by atomic mass is 10.2. The third-order valence-electron chi connectivity index (χ3n) is 2.24. The molecule has 2 heterocycles. The Kier molecular flexibility index (Phi) is 2.97. The van der Waals surface area contributed by atoms with Crippen LogP contribution in [0.5, 0.6) is 0 Å². The van der Waals surface area contributed by atoms with Crippen LogP contribution in [0.25, 0.3) is 11.5 Å². The quantitative estimate of drug-likeness (QED) is 0.747. The number of rotatable bonds is 4. The third-order valence-corrected chi connectivity index (χ3v) is 2.24. The zero-order chi connectivity index (χ0) is 11.5. The van der Waals surface area contributed by atoms with Crippen LogP contribution in [-0.2, 0) is 7.05 Å². The van der Waals surface area contributed by atoms with E-state index >= 15 is 0 Å². The summed E-state index contributed by atoms with van der Waals surface area (Å²) in [5.41, 5.74) is 6.49. The Labute approximate surface area is 91.9 Å². The smallest absolute Gasteiger partial charge is 0.244 e. The van der Waals surface area contributed by atoms with Crippen LogP contribution in [0.2, 0.25) is 0 Å². The Morgan fingerprint density at radius 2 is 2.44 bits per heavy atom. The van der Waals surface area contributed by atoms with Crippen molar-refractivity contribution in [3.05, 3.63) is 18.4 Å². The van der Waals surface area contributed by atoms with Gasteiger partial charge in [-0.25, -0.2) is 4.98 Å². The number of aliphatic hydroxyl groups is 1. The summed E-state index contributed by atoms with van der Waals surface area (Å²) in [7, 11) is 1.84. The van der Waals surface area contributed by atoms with Crippen LogP contribution in [0.4, 0.5) is 0 Å². The van der Waals surface area contributed by atoms with Gasteiger partial charge in [-0.05, 0) is 6.42 Å². The lowest BCUT2D eigenvalue weighted by molar-refractivity contribution is 0.259. The second kappa shape index (κ2) is 4.42. The Balaban J connectivity index is 2.23. The molecule has 0 aliphatic heterocycles. The molecule has 3 N–H and O–H groups in total. The van der Waals surface area contributed by atoms with Crippen molar-refractivity contribution < 1.29 is 9.63 Å². The Hall–Kier alpha value is -1.73. The molecule has 1 atom stereocenters. The number of nitrogens with two attached hydrogens (primary N) is 1. The fraction of sp³-hybridized carbons (Fsp3) is 0.444. The Bertz CT molecular complexity index is 464. The highest BCUT2D eigenvalue weighted by atomic mass is 16.5. The molecule has 0 aliphatic rings. The minimum atomic E-state index is -0.431. The predicted octanol–water partition coefficient (Wildman–Crippen LogP) is -0.148. The first-order valence-corrected chi connectivity index (χ1v) is 4.89. The average molecular weight is 223 g/mol. The van der Waals surface area contributed by atoms with Gasteiger partial charge >= 0.3 is 0 Å². The van der Waals surface area contributed by atoms with Crippen LogP contribution < -0.4 is 5.73 Å². The summed E-state index contributed by atoms with van der Waals surface area (Å²) < 4.78 is 6.80. The first kappa shape index (κ1) is 10.8. The van der Waals surface area contributed by atoms with Crippen molar-refractivity contribution in [1.29, 1.82) is 0 Å². The van der Waals surface area contributed by atoms with Crippen molar-refractivity contribution in [2.75, 3.05) is 6.61 Å². The molecule has 1 unspecified atom stereocenters. The minimum Gasteiger partial charge on any atom is -0.396 e. The van der Waals surface area contributed by atoms with Gasteiger partial charge in [-0.3, -0.25) is 0 Å². The molecular formula is C9H13N5O2. The Morgan fingerprint density at radius 3 is 3.06 bits per heavy atom. The number of hydrogen-bond donors (Lipinski definition) is 2. The van der Waals surface area contributed by atoms with E-state index in [-0.39, 0.29) is 6.61 Å². The van der Waals surface area contributed by atoms with Crippen molar-refractivity contribution in [3.8, 4) is 11.5 Å². The second-order valence-electron chi connectivity index (χ2n) is 3.46. The monoisotopic (exact) mass is 223 g/mol. The number of hydrogen-bond acceptors (Lipinski definition) is 6. The van der Waals surface area contributed by atoms with Crippen molar-refractivity contribution in [1.82, 2.24) is 19.7 Å². The minimum absolute atomic E-state index is 0.00934. The van der Waals surface area contributed by atoms with Crippen molar-refractivity contribution in [2.45, 2.75) is 12.5 Å². The molecule has 2 aromatic rings. The zero-order valence-electron chi connectivity index (χ0n) is 8.87. The van der Waals surface area contributed by atoms with Crippen LogP contribution >= 0.6 is 0 Å². The molecule has 0 aromatic carbocycles. The first-order chi connectivity index (χ1) is 7.72. The summed E-state index contributed by atoms with van der Waals surface area (Å²) in [4.78, 5) is 8.12. The molecule has 0 saturated carbocycles. The molecule has 2 rings (SSSR count). The highest BCUT2D eigenvalue weighted by molar-refractivity contribution is 5.47. The fourth-order valence-electron chi connectivity index (χ4n) is 1.33. The van der Waals surface area contributed by atoms with Gasteiger partial charge in [0.15, 0.2) is 0 Å². The number of aryl methyl sites for hydroxylation is 1. The van der Waals surface area contributed by atoms with Crippen LogP contribution in [-0.4, -0.2) is 31.4 Å². The van der Waals surface area contributed by atoms with E-state index in [4.69, 9.17) is 15.4 Å². The van der Waals surface area contributed by atoms with Gasteiger partial charge in [0, 0.05) is 13.7 Å². The SMILES string of the molecule is Cn1cncc1-c1noc(C(N)CCO)n1. The molecular weight excluding hydrogens is 210 g/mol. The Morgan fingerprint density at radius 1 is 1.62 bits per heavy atom. The second-order valence-corrected chi connectivity index (χ2v) is 3.46. The van der Waals surface area contributed by atoms with Crippen molar-refractivity contribution in [2.24, 2.45) is 12.8 Å². The standard InChI is InChI=1S/C9H13N5O2/c1-14-5-11-4-7(14)8-12-9(16-13-8)6(10)2-3-15/h4-6,15H,2-3,10H2,1H3. The van der Waals surface area contributed by atoms with Gasteiger partial charge in [-0.15, -0.1) is 0 Å². The maximum Gasteiger partial charge on any atom is 0.244 e. The summed E-state index contributed by atoms with van der Waals surface area (Å²) in [6.45, 7) is -0.00934. The molecule has 0 bridgehead atoms. The zero-order valence-corrected chi connectivity index (χ0v) is 8.87. The molecule has 0 fully saturated rings. The molecule has 7 heteroatoms. The summed E-state index contributed by atoms with van der Waals surface area (Å²) in [6, 6.07) is -0.431. The number of nitrogens with zero attached hydrogens (tertiary/aromatic N) is 4. The van der Waals surface area contributed by atoms with Gasteiger partial charge in [0.05, 0.1) is 18.6 Å². The van der Waals surface area contributed by atoms with Crippen LogP contribution in [0.3, 0.4) is 0 Å². The number of imidazole rings is 1. The number of aromatic nitrogens is 4. The van der Waals surface area contributed by atoms with Gasteiger partial charge in [0.2, 0.25) is 11.7 Å². The molecule has 2 aromatic heterocycles. The highest BCUT2D eigenvalue weighted by Crippen LogP contribution is 2.17. The normalized spacial score (nSPS) is 12.9. The van der Waals surface area contributed by atoms with E-state index in [1.807, 2.05) is 7.05 Å². The largest absolute Gasteiger partial charge is 0.396 e. The average Bonchev–Trinajstić information content (AvgIpc) is 2.86. The van der Waals surface area contributed by atoms with E-state index in [0.29, 0.717) is 18.1 Å². The molecule has 86 valence electrons.